The Labute approximate surface area is 95.9 Å². The van der Waals surface area contributed by atoms with Gasteiger partial charge in [0.15, 0.2) is 0 Å². The van der Waals surface area contributed by atoms with Gasteiger partial charge in [0.1, 0.15) is 5.60 Å². The van der Waals surface area contributed by atoms with Crippen molar-refractivity contribution in [2.45, 2.75) is 46.1 Å². The average Bonchev–Trinajstić information content (AvgIpc) is 1.98. The van der Waals surface area contributed by atoms with Gasteiger partial charge in [-0.2, -0.15) is 0 Å². The molecule has 0 fully saturated rings. The van der Waals surface area contributed by atoms with E-state index in [0.29, 0.717) is 6.42 Å². The Kier molecular flexibility index (Phi) is 8.05. The molecule has 1 N–H and O–H groups in total. The Morgan fingerprint density at radius 2 is 1.80 bits per heavy atom. The summed E-state index contributed by atoms with van der Waals surface area (Å²) in [5.74, 6) is -0.474. The molecule has 5 nitrogen and oxygen atoms in total. The number of hydroxylamine groups is 1. The summed E-state index contributed by atoms with van der Waals surface area (Å²) in [7, 11) is 0. The molecule has 0 saturated heterocycles. The topological polar surface area (TPSA) is 64.6 Å². The van der Waals surface area contributed by atoms with Crippen LogP contribution in [0.2, 0.25) is 0 Å². The molecular formula is C9H18ClNO4. The van der Waals surface area contributed by atoms with Crippen LogP contribution in [0.15, 0.2) is 0 Å². The SMILES string of the molecule is CCCC(=O)ONC(=O)OC(C)(C)C.Cl. The lowest BCUT2D eigenvalue weighted by Crippen LogP contribution is -2.33. The van der Waals surface area contributed by atoms with Crippen LogP contribution in [0, 0.1) is 0 Å². The molecule has 0 radical (unpaired) electrons. The van der Waals surface area contributed by atoms with Gasteiger partial charge in [0, 0.05) is 6.42 Å². The van der Waals surface area contributed by atoms with Crippen molar-refractivity contribution in [2.75, 3.05) is 0 Å². The van der Waals surface area contributed by atoms with Gasteiger partial charge in [0.2, 0.25) is 0 Å². The Hall–Kier alpha value is -0.970. The first-order valence-corrected chi connectivity index (χ1v) is 4.54. The van der Waals surface area contributed by atoms with Gasteiger partial charge in [-0.3, -0.25) is 0 Å². The average molecular weight is 240 g/mol. The van der Waals surface area contributed by atoms with Crippen molar-refractivity contribution in [3.8, 4) is 0 Å². The van der Waals surface area contributed by atoms with Crippen LogP contribution in [-0.2, 0) is 14.4 Å². The van der Waals surface area contributed by atoms with Crippen LogP contribution in [0.25, 0.3) is 0 Å². The van der Waals surface area contributed by atoms with E-state index in [0.717, 1.165) is 0 Å². The molecule has 0 aromatic rings. The highest BCUT2D eigenvalue weighted by molar-refractivity contribution is 5.85. The lowest BCUT2D eigenvalue weighted by Gasteiger charge is -2.19. The van der Waals surface area contributed by atoms with Crippen LogP contribution in [0.1, 0.15) is 40.5 Å². The third-order valence-corrected chi connectivity index (χ3v) is 1.10. The van der Waals surface area contributed by atoms with Crippen LogP contribution >= 0.6 is 12.4 Å². The van der Waals surface area contributed by atoms with Crippen molar-refractivity contribution in [3.05, 3.63) is 0 Å². The predicted octanol–water partition coefficient (Wildman–Crippen LogP) is 2.19. The van der Waals surface area contributed by atoms with E-state index in [1.807, 2.05) is 12.4 Å². The van der Waals surface area contributed by atoms with Crippen LogP contribution in [0.3, 0.4) is 0 Å². The number of amides is 1. The highest BCUT2D eigenvalue weighted by Crippen LogP contribution is 2.06. The summed E-state index contributed by atoms with van der Waals surface area (Å²) in [5.41, 5.74) is 1.32. The van der Waals surface area contributed by atoms with Crippen molar-refractivity contribution in [1.29, 1.82) is 0 Å². The molecule has 0 spiro atoms. The first-order valence-electron chi connectivity index (χ1n) is 4.54. The van der Waals surface area contributed by atoms with E-state index in [4.69, 9.17) is 4.74 Å². The molecule has 0 aliphatic heterocycles. The van der Waals surface area contributed by atoms with E-state index < -0.39 is 17.7 Å². The summed E-state index contributed by atoms with van der Waals surface area (Å²) in [6.07, 6.45) is 0.187. The second-order valence-corrected chi connectivity index (χ2v) is 3.83. The van der Waals surface area contributed by atoms with E-state index in [9.17, 15) is 9.59 Å². The van der Waals surface area contributed by atoms with Crippen molar-refractivity contribution in [1.82, 2.24) is 5.48 Å². The molecular weight excluding hydrogens is 222 g/mol. The Bertz CT molecular complexity index is 213. The number of rotatable bonds is 2. The van der Waals surface area contributed by atoms with E-state index in [-0.39, 0.29) is 18.8 Å². The van der Waals surface area contributed by atoms with Gasteiger partial charge < -0.3 is 9.57 Å². The van der Waals surface area contributed by atoms with Gasteiger partial charge in [-0.25, -0.2) is 9.59 Å². The Balaban J connectivity index is 0. The first-order chi connectivity index (χ1) is 6.35. The number of halogens is 1. The molecule has 90 valence electrons. The maximum Gasteiger partial charge on any atom is 0.441 e. The summed E-state index contributed by atoms with van der Waals surface area (Å²) >= 11 is 0. The van der Waals surface area contributed by atoms with E-state index in [1.165, 1.54) is 0 Å². The van der Waals surface area contributed by atoms with Crippen LogP contribution in [0.5, 0.6) is 0 Å². The lowest BCUT2D eigenvalue weighted by molar-refractivity contribution is -0.150. The van der Waals surface area contributed by atoms with Crippen molar-refractivity contribution in [2.24, 2.45) is 0 Å². The van der Waals surface area contributed by atoms with Gasteiger partial charge in [0.05, 0.1) is 0 Å². The summed E-state index contributed by atoms with van der Waals surface area (Å²) < 4.78 is 4.84. The summed E-state index contributed by atoms with van der Waals surface area (Å²) in [6, 6.07) is 0. The Morgan fingerprint density at radius 3 is 2.20 bits per heavy atom. The molecule has 15 heavy (non-hydrogen) atoms. The molecule has 0 saturated carbocycles. The standard InChI is InChI=1S/C9H17NO4.ClH/c1-5-6-7(11)14-10-8(12)13-9(2,3)4;/h5-6H2,1-4H3,(H,10,12);1H. The minimum Gasteiger partial charge on any atom is -0.442 e. The fourth-order valence-electron chi connectivity index (χ4n) is 0.653. The first kappa shape index (κ1) is 16.5. The minimum atomic E-state index is -0.762. The van der Waals surface area contributed by atoms with E-state index in [1.54, 1.807) is 20.8 Å². The molecule has 0 rings (SSSR count). The van der Waals surface area contributed by atoms with Crippen molar-refractivity contribution in [3.63, 3.8) is 0 Å². The molecule has 0 aromatic heterocycles. The maximum atomic E-state index is 11.0. The van der Waals surface area contributed by atoms with Gasteiger partial charge >= 0.3 is 12.1 Å². The summed E-state index contributed by atoms with van der Waals surface area (Å²) in [5, 5.41) is 0. The monoisotopic (exact) mass is 239 g/mol. The molecule has 1 amide bonds. The van der Waals surface area contributed by atoms with E-state index >= 15 is 0 Å². The highest BCUT2D eigenvalue weighted by atomic mass is 35.5. The fourth-order valence-corrected chi connectivity index (χ4v) is 0.653. The van der Waals surface area contributed by atoms with Crippen LogP contribution < -0.4 is 5.48 Å². The second kappa shape index (κ2) is 7.34. The quantitative estimate of drug-likeness (QED) is 0.751. The molecule has 0 aliphatic carbocycles. The molecule has 0 unspecified atom stereocenters. The van der Waals surface area contributed by atoms with Crippen molar-refractivity contribution < 1.29 is 19.2 Å². The zero-order valence-corrected chi connectivity index (χ0v) is 10.3. The predicted molar refractivity (Wildman–Crippen MR) is 57.6 cm³/mol. The second-order valence-electron chi connectivity index (χ2n) is 3.83. The normalized spacial score (nSPS) is 9.87. The third kappa shape index (κ3) is 11.0. The third-order valence-electron chi connectivity index (χ3n) is 1.10. The summed E-state index contributed by atoms with van der Waals surface area (Å²) in [4.78, 5) is 26.2. The maximum absolute atomic E-state index is 11.0. The van der Waals surface area contributed by atoms with Gasteiger partial charge in [-0.15, -0.1) is 17.9 Å². The zero-order valence-electron chi connectivity index (χ0n) is 9.46. The number of carbonyl (C=O) groups is 2. The van der Waals surface area contributed by atoms with Gasteiger partial charge in [-0.1, -0.05) is 6.92 Å². The van der Waals surface area contributed by atoms with Crippen LogP contribution in [-0.4, -0.2) is 17.7 Å². The zero-order chi connectivity index (χ0) is 11.2. The van der Waals surface area contributed by atoms with Gasteiger partial charge in [0.25, 0.3) is 0 Å². The molecule has 0 heterocycles. The fraction of sp³-hybridized carbons (Fsp3) is 0.778. The number of nitrogens with one attached hydrogen (secondary N) is 1. The number of hydrogen-bond donors (Lipinski definition) is 1. The van der Waals surface area contributed by atoms with Gasteiger partial charge in [-0.05, 0) is 27.2 Å². The molecule has 0 atom stereocenters. The smallest absolute Gasteiger partial charge is 0.441 e. The number of hydrogen-bond acceptors (Lipinski definition) is 4. The van der Waals surface area contributed by atoms with Crippen LogP contribution in [0.4, 0.5) is 4.79 Å². The number of ether oxygens (including phenoxy) is 1. The lowest BCUT2D eigenvalue weighted by atomic mass is 10.2. The largest absolute Gasteiger partial charge is 0.442 e. The van der Waals surface area contributed by atoms with E-state index in [2.05, 4.69) is 4.84 Å². The molecule has 0 bridgehead atoms. The number of carbonyl (C=O) groups excluding carboxylic acids is 2. The summed E-state index contributed by atoms with van der Waals surface area (Å²) in [6.45, 7) is 7.01. The molecule has 0 aliphatic rings. The Morgan fingerprint density at radius 1 is 1.27 bits per heavy atom. The molecule has 0 aromatic carbocycles. The van der Waals surface area contributed by atoms with Crippen molar-refractivity contribution >= 4 is 24.5 Å². The highest BCUT2D eigenvalue weighted by Gasteiger charge is 2.16. The minimum absolute atomic E-state index is 0. The molecule has 6 heteroatoms.